The highest BCUT2D eigenvalue weighted by Crippen LogP contribution is 2.25. The van der Waals surface area contributed by atoms with Crippen molar-refractivity contribution >= 4 is 17.3 Å². The summed E-state index contributed by atoms with van der Waals surface area (Å²) in [6, 6.07) is 5.00. The number of nitrogens with zero attached hydrogens (tertiary/aromatic N) is 1. The van der Waals surface area contributed by atoms with Crippen molar-refractivity contribution in [3.63, 3.8) is 0 Å². The number of ether oxygens (including phenoxy) is 1. The second kappa shape index (κ2) is 6.26. The zero-order valence-corrected chi connectivity index (χ0v) is 11.0. The van der Waals surface area contributed by atoms with E-state index in [0.29, 0.717) is 24.5 Å². The number of carbonyl (C=O) groups is 1. The van der Waals surface area contributed by atoms with E-state index in [4.69, 9.17) is 10.5 Å². The molecule has 3 N–H and O–H groups in total. The summed E-state index contributed by atoms with van der Waals surface area (Å²) >= 11 is 0. The predicted molar refractivity (Wildman–Crippen MR) is 72.2 cm³/mol. The van der Waals surface area contributed by atoms with Gasteiger partial charge in [0.2, 0.25) is 0 Å². The summed E-state index contributed by atoms with van der Waals surface area (Å²) < 4.78 is 5.05. The van der Waals surface area contributed by atoms with Crippen LogP contribution in [-0.4, -0.2) is 37.4 Å². The van der Waals surface area contributed by atoms with Crippen LogP contribution in [0.5, 0.6) is 0 Å². The summed E-state index contributed by atoms with van der Waals surface area (Å²) in [5, 5.41) is 9.21. The van der Waals surface area contributed by atoms with Crippen LogP contribution in [0.2, 0.25) is 0 Å². The zero-order chi connectivity index (χ0) is 13.7. The Hall–Kier alpha value is -1.75. The molecular formula is C13H20N2O3. The molecule has 1 rings (SSSR count). The third-order valence-electron chi connectivity index (χ3n) is 2.72. The van der Waals surface area contributed by atoms with Crippen LogP contribution >= 0.6 is 0 Å². The average molecular weight is 252 g/mol. The third kappa shape index (κ3) is 3.37. The van der Waals surface area contributed by atoms with E-state index in [1.54, 1.807) is 19.2 Å². The van der Waals surface area contributed by atoms with E-state index in [9.17, 15) is 9.90 Å². The molecule has 0 aliphatic rings. The molecule has 5 nitrogen and oxygen atoms in total. The molecule has 0 aromatic heterocycles. The first-order chi connectivity index (χ1) is 8.47. The van der Waals surface area contributed by atoms with Gasteiger partial charge in [-0.05, 0) is 32.0 Å². The molecule has 0 amide bonds. The Balaban J connectivity index is 3.16. The van der Waals surface area contributed by atoms with Gasteiger partial charge in [-0.15, -0.1) is 0 Å². The molecule has 0 spiro atoms. The van der Waals surface area contributed by atoms with Crippen molar-refractivity contribution in [2.45, 2.75) is 19.9 Å². The third-order valence-corrected chi connectivity index (χ3v) is 2.72. The Bertz CT molecular complexity index is 419. The van der Waals surface area contributed by atoms with Crippen LogP contribution in [-0.2, 0) is 4.74 Å². The van der Waals surface area contributed by atoms with Gasteiger partial charge in [0.05, 0.1) is 17.9 Å². The van der Waals surface area contributed by atoms with E-state index in [0.717, 1.165) is 0 Å². The smallest absolute Gasteiger partial charge is 0.337 e. The summed E-state index contributed by atoms with van der Waals surface area (Å²) in [6.45, 7) is 5.17. The van der Waals surface area contributed by atoms with Crippen LogP contribution in [0, 0.1) is 0 Å². The number of hydrogen-bond acceptors (Lipinski definition) is 4. The summed E-state index contributed by atoms with van der Waals surface area (Å²) in [7, 11) is 1.62. The molecule has 0 aliphatic heterocycles. The number of benzene rings is 1. The first-order valence-electron chi connectivity index (χ1n) is 5.85. The first-order valence-corrected chi connectivity index (χ1v) is 5.85. The SMILES string of the molecule is COCCN(c1cc(N)ccc1C(=O)O)C(C)C. The lowest BCUT2D eigenvalue weighted by Crippen LogP contribution is -2.35. The fraction of sp³-hybridized carbons (Fsp3) is 0.462. The summed E-state index contributed by atoms with van der Waals surface area (Å²) in [4.78, 5) is 13.2. The first kappa shape index (κ1) is 14.3. The molecule has 0 bridgehead atoms. The van der Waals surface area contributed by atoms with Crippen molar-refractivity contribution in [2.75, 3.05) is 30.9 Å². The minimum atomic E-state index is -0.951. The van der Waals surface area contributed by atoms with Gasteiger partial charge in [-0.3, -0.25) is 0 Å². The second-order valence-electron chi connectivity index (χ2n) is 4.36. The molecule has 0 aliphatic carbocycles. The fourth-order valence-electron chi connectivity index (χ4n) is 1.81. The van der Waals surface area contributed by atoms with Crippen LogP contribution in [0.15, 0.2) is 18.2 Å². The topological polar surface area (TPSA) is 75.8 Å². The number of rotatable bonds is 6. The Kier molecular flexibility index (Phi) is 4.97. The van der Waals surface area contributed by atoms with Gasteiger partial charge in [0, 0.05) is 25.4 Å². The standard InChI is InChI=1S/C13H20N2O3/c1-9(2)15(6-7-18-3)12-8-10(14)4-5-11(12)13(16)17/h4-5,8-9H,6-7,14H2,1-3H3,(H,16,17). The Morgan fingerprint density at radius 3 is 2.67 bits per heavy atom. The van der Waals surface area contributed by atoms with Crippen LogP contribution in [0.25, 0.3) is 0 Å². The van der Waals surface area contributed by atoms with E-state index in [1.165, 1.54) is 6.07 Å². The van der Waals surface area contributed by atoms with Gasteiger partial charge in [-0.1, -0.05) is 0 Å². The van der Waals surface area contributed by atoms with Gasteiger partial charge >= 0.3 is 5.97 Å². The number of hydrogen-bond donors (Lipinski definition) is 2. The lowest BCUT2D eigenvalue weighted by molar-refractivity contribution is 0.0697. The molecule has 100 valence electrons. The highest BCUT2D eigenvalue weighted by molar-refractivity contribution is 5.95. The highest BCUT2D eigenvalue weighted by Gasteiger charge is 2.18. The average Bonchev–Trinajstić information content (AvgIpc) is 2.28. The second-order valence-corrected chi connectivity index (χ2v) is 4.36. The van der Waals surface area contributed by atoms with Crippen molar-refractivity contribution in [3.05, 3.63) is 23.8 Å². The van der Waals surface area contributed by atoms with Crippen molar-refractivity contribution in [1.29, 1.82) is 0 Å². The minimum Gasteiger partial charge on any atom is -0.478 e. The molecular weight excluding hydrogens is 232 g/mol. The maximum Gasteiger partial charge on any atom is 0.337 e. The van der Waals surface area contributed by atoms with Gasteiger partial charge in [0.15, 0.2) is 0 Å². The van der Waals surface area contributed by atoms with E-state index in [2.05, 4.69) is 0 Å². The van der Waals surface area contributed by atoms with Gasteiger partial charge in [-0.25, -0.2) is 4.79 Å². The van der Waals surface area contributed by atoms with Crippen molar-refractivity contribution in [2.24, 2.45) is 0 Å². The maximum absolute atomic E-state index is 11.2. The Morgan fingerprint density at radius 1 is 1.50 bits per heavy atom. The highest BCUT2D eigenvalue weighted by atomic mass is 16.5. The lowest BCUT2D eigenvalue weighted by atomic mass is 10.1. The van der Waals surface area contributed by atoms with E-state index >= 15 is 0 Å². The summed E-state index contributed by atoms with van der Waals surface area (Å²) in [5.74, 6) is -0.951. The van der Waals surface area contributed by atoms with Crippen LogP contribution in [0.1, 0.15) is 24.2 Å². The zero-order valence-electron chi connectivity index (χ0n) is 11.0. The number of nitrogen functional groups attached to an aromatic ring is 1. The van der Waals surface area contributed by atoms with Gasteiger partial charge < -0.3 is 20.5 Å². The van der Waals surface area contributed by atoms with Gasteiger partial charge in [0.1, 0.15) is 0 Å². The number of carboxylic acid groups (broad SMARTS) is 1. The monoisotopic (exact) mass is 252 g/mol. The quantitative estimate of drug-likeness (QED) is 0.755. The summed E-state index contributed by atoms with van der Waals surface area (Å²) in [5.41, 5.74) is 7.19. The van der Waals surface area contributed by atoms with Crippen LogP contribution < -0.4 is 10.6 Å². The van der Waals surface area contributed by atoms with Gasteiger partial charge in [0.25, 0.3) is 0 Å². The predicted octanol–water partition coefficient (Wildman–Crippen LogP) is 1.83. The van der Waals surface area contributed by atoms with Crippen LogP contribution in [0.4, 0.5) is 11.4 Å². The van der Waals surface area contributed by atoms with Crippen LogP contribution in [0.3, 0.4) is 0 Å². The number of carboxylic acids is 1. The summed E-state index contributed by atoms with van der Waals surface area (Å²) in [6.07, 6.45) is 0. The number of methoxy groups -OCH3 is 1. The molecule has 1 aromatic rings. The molecule has 0 unspecified atom stereocenters. The molecule has 0 fully saturated rings. The lowest BCUT2D eigenvalue weighted by Gasteiger charge is -2.30. The number of aromatic carboxylic acids is 1. The molecule has 18 heavy (non-hydrogen) atoms. The molecule has 0 saturated carbocycles. The molecule has 0 saturated heterocycles. The van der Waals surface area contributed by atoms with Gasteiger partial charge in [-0.2, -0.15) is 0 Å². The molecule has 1 aromatic carbocycles. The number of anilines is 2. The van der Waals surface area contributed by atoms with E-state index in [-0.39, 0.29) is 11.6 Å². The largest absolute Gasteiger partial charge is 0.478 e. The van der Waals surface area contributed by atoms with Crippen molar-refractivity contribution in [1.82, 2.24) is 0 Å². The van der Waals surface area contributed by atoms with Crippen molar-refractivity contribution < 1.29 is 14.6 Å². The maximum atomic E-state index is 11.2. The Morgan fingerprint density at radius 2 is 2.17 bits per heavy atom. The number of nitrogens with two attached hydrogens (primary N) is 1. The van der Waals surface area contributed by atoms with Crippen molar-refractivity contribution in [3.8, 4) is 0 Å². The molecule has 0 heterocycles. The normalized spacial score (nSPS) is 10.7. The minimum absolute atomic E-state index is 0.167. The Labute approximate surface area is 107 Å². The molecule has 0 atom stereocenters. The van der Waals surface area contributed by atoms with E-state index in [1.807, 2.05) is 18.7 Å². The molecule has 5 heteroatoms. The van der Waals surface area contributed by atoms with E-state index < -0.39 is 5.97 Å². The molecule has 0 radical (unpaired) electrons. The fourth-order valence-corrected chi connectivity index (χ4v) is 1.81.